The van der Waals surface area contributed by atoms with Gasteiger partial charge in [0.2, 0.25) is 5.91 Å². The fourth-order valence-electron chi connectivity index (χ4n) is 3.53. The molecule has 1 aliphatic heterocycles. The van der Waals surface area contributed by atoms with Crippen molar-refractivity contribution in [1.82, 2.24) is 0 Å². The zero-order valence-corrected chi connectivity index (χ0v) is 15.6. The normalized spacial score (nSPS) is 18.2. The number of esters is 1. The van der Waals surface area contributed by atoms with Gasteiger partial charge in [-0.15, -0.1) is 11.3 Å². The molecule has 0 unspecified atom stereocenters. The number of hydrogen-bond acceptors (Lipinski definition) is 4. The topological polar surface area (TPSA) is 72.0 Å². The van der Waals surface area contributed by atoms with Gasteiger partial charge in [-0.1, -0.05) is 6.92 Å². The van der Waals surface area contributed by atoms with Gasteiger partial charge in [-0.25, -0.2) is 4.79 Å². The second-order valence-corrected chi connectivity index (χ2v) is 8.46. The molecule has 5 nitrogen and oxygen atoms in total. The number of carbonyl (C=O) groups is 2. The lowest BCUT2D eigenvalue weighted by Crippen LogP contribution is -3.03. The number of amides is 1. The first-order chi connectivity index (χ1) is 10.6. The molecule has 0 fully saturated rings. The van der Waals surface area contributed by atoms with Gasteiger partial charge >= 0.3 is 5.97 Å². The van der Waals surface area contributed by atoms with Crippen molar-refractivity contribution in [1.29, 1.82) is 0 Å². The van der Waals surface area contributed by atoms with Gasteiger partial charge in [-0.3, -0.25) is 4.79 Å². The van der Waals surface area contributed by atoms with Crippen LogP contribution in [-0.4, -0.2) is 24.5 Å². The molecule has 2 heterocycles. The van der Waals surface area contributed by atoms with Crippen LogP contribution in [-0.2, 0) is 21.5 Å². The summed E-state index contributed by atoms with van der Waals surface area (Å²) in [5.41, 5.74) is 1.40. The Morgan fingerprint density at radius 1 is 1.30 bits per heavy atom. The largest absolute Gasteiger partial charge is 0.465 e. The summed E-state index contributed by atoms with van der Waals surface area (Å²) in [5, 5.41) is 5.87. The lowest BCUT2D eigenvalue weighted by Gasteiger charge is -2.38. The van der Waals surface area contributed by atoms with Crippen molar-refractivity contribution in [2.45, 2.75) is 65.0 Å². The van der Waals surface area contributed by atoms with Crippen molar-refractivity contribution >= 4 is 28.2 Å². The number of quaternary nitrogens is 1. The molecule has 1 aromatic heterocycles. The number of hydrogen-bond donors (Lipinski definition) is 2. The summed E-state index contributed by atoms with van der Waals surface area (Å²) in [4.78, 5) is 25.5. The van der Waals surface area contributed by atoms with Crippen LogP contribution in [0, 0.1) is 0 Å². The van der Waals surface area contributed by atoms with Crippen LogP contribution < -0.4 is 10.6 Å². The van der Waals surface area contributed by atoms with E-state index in [4.69, 9.17) is 4.74 Å². The standard InChI is InChI=1S/C17H26N2O3S/c1-7-8-11(20)18-14-12(15(21)22-6)10-9-16(2,3)19-17(4,5)13(10)23-14/h19H,7-9H2,1-6H3,(H,18,20)/p+1. The summed E-state index contributed by atoms with van der Waals surface area (Å²) >= 11 is 1.50. The molecule has 0 aromatic carbocycles. The smallest absolute Gasteiger partial charge is 0.341 e. The molecule has 3 N–H and O–H groups in total. The molecule has 0 atom stereocenters. The van der Waals surface area contributed by atoms with Crippen molar-refractivity contribution in [3.8, 4) is 0 Å². The van der Waals surface area contributed by atoms with Gasteiger partial charge in [0, 0.05) is 12.8 Å². The van der Waals surface area contributed by atoms with Crippen LogP contribution in [0.4, 0.5) is 5.00 Å². The van der Waals surface area contributed by atoms with E-state index in [1.807, 2.05) is 6.92 Å². The predicted molar refractivity (Wildman–Crippen MR) is 91.9 cm³/mol. The Bertz CT molecular complexity index is 632. The van der Waals surface area contributed by atoms with Crippen molar-refractivity contribution in [3.05, 3.63) is 16.0 Å². The number of nitrogens with one attached hydrogen (secondary N) is 1. The lowest BCUT2D eigenvalue weighted by atomic mass is 9.81. The van der Waals surface area contributed by atoms with Gasteiger partial charge in [-0.05, 0) is 39.7 Å². The van der Waals surface area contributed by atoms with E-state index >= 15 is 0 Å². The summed E-state index contributed by atoms with van der Waals surface area (Å²) in [7, 11) is 1.38. The summed E-state index contributed by atoms with van der Waals surface area (Å²) in [6.07, 6.45) is 2.00. The highest BCUT2D eigenvalue weighted by molar-refractivity contribution is 7.17. The highest BCUT2D eigenvalue weighted by Crippen LogP contribution is 2.42. The van der Waals surface area contributed by atoms with E-state index in [-0.39, 0.29) is 23.0 Å². The number of carbonyl (C=O) groups excluding carboxylic acids is 2. The molecular formula is C17H27N2O3S+. The van der Waals surface area contributed by atoms with E-state index in [2.05, 4.69) is 38.3 Å². The first kappa shape index (κ1) is 17.9. The number of nitrogens with two attached hydrogens (primary N) is 1. The maximum atomic E-state index is 12.4. The molecule has 1 aliphatic rings. The molecule has 0 saturated heterocycles. The van der Waals surface area contributed by atoms with E-state index < -0.39 is 0 Å². The number of anilines is 1. The van der Waals surface area contributed by atoms with E-state index in [0.29, 0.717) is 17.0 Å². The van der Waals surface area contributed by atoms with Crippen LogP contribution in [0.2, 0.25) is 0 Å². The molecule has 0 saturated carbocycles. The number of thiophene rings is 1. The molecule has 2 rings (SSSR count). The monoisotopic (exact) mass is 339 g/mol. The molecule has 6 heteroatoms. The average Bonchev–Trinajstić information content (AvgIpc) is 2.74. The Labute approximate surface area is 141 Å². The first-order valence-electron chi connectivity index (χ1n) is 8.02. The number of methoxy groups -OCH3 is 1. The Kier molecular flexibility index (Phi) is 4.87. The van der Waals surface area contributed by atoms with E-state index in [9.17, 15) is 9.59 Å². The maximum absolute atomic E-state index is 12.4. The maximum Gasteiger partial charge on any atom is 0.341 e. The Hall–Kier alpha value is -1.40. The highest BCUT2D eigenvalue weighted by atomic mass is 32.1. The molecule has 1 amide bonds. The molecule has 0 aliphatic carbocycles. The van der Waals surface area contributed by atoms with Crippen LogP contribution in [0.5, 0.6) is 0 Å². The highest BCUT2D eigenvalue weighted by Gasteiger charge is 2.45. The summed E-state index contributed by atoms with van der Waals surface area (Å²) < 4.78 is 4.99. The van der Waals surface area contributed by atoms with Gasteiger partial charge in [-0.2, -0.15) is 0 Å². The third-order valence-corrected chi connectivity index (χ3v) is 5.58. The van der Waals surface area contributed by atoms with Crippen LogP contribution >= 0.6 is 11.3 Å². The van der Waals surface area contributed by atoms with Gasteiger partial charge in [0.1, 0.15) is 10.5 Å². The molecular weight excluding hydrogens is 312 g/mol. The molecule has 23 heavy (non-hydrogen) atoms. The zero-order valence-electron chi connectivity index (χ0n) is 14.8. The third kappa shape index (κ3) is 3.58. The third-order valence-electron chi connectivity index (χ3n) is 4.10. The van der Waals surface area contributed by atoms with Crippen LogP contribution in [0.25, 0.3) is 0 Å². The van der Waals surface area contributed by atoms with Gasteiger partial charge in [0.15, 0.2) is 0 Å². The Morgan fingerprint density at radius 3 is 2.52 bits per heavy atom. The summed E-state index contributed by atoms with van der Waals surface area (Å²) in [5.74, 6) is -0.430. The molecule has 1 aromatic rings. The van der Waals surface area contributed by atoms with Crippen LogP contribution in [0.3, 0.4) is 0 Å². The Balaban J connectivity index is 2.55. The van der Waals surface area contributed by atoms with Crippen LogP contribution in [0.1, 0.15) is 68.3 Å². The SMILES string of the molecule is CCCC(=O)Nc1sc2c(c1C(=O)OC)CC(C)(C)[NH2+]C2(C)C. The number of fused-ring (bicyclic) bond motifs is 1. The molecule has 0 bridgehead atoms. The fraction of sp³-hybridized carbons (Fsp3) is 0.647. The number of ether oxygens (including phenoxy) is 1. The minimum absolute atomic E-state index is 0.00889. The van der Waals surface area contributed by atoms with Crippen LogP contribution in [0.15, 0.2) is 0 Å². The average molecular weight is 339 g/mol. The molecule has 0 spiro atoms. The van der Waals surface area contributed by atoms with Gasteiger partial charge < -0.3 is 15.4 Å². The summed E-state index contributed by atoms with van der Waals surface area (Å²) in [6, 6.07) is 0. The summed E-state index contributed by atoms with van der Waals surface area (Å²) in [6.45, 7) is 10.6. The van der Waals surface area contributed by atoms with E-state index in [1.165, 1.54) is 18.4 Å². The van der Waals surface area contributed by atoms with E-state index in [1.54, 1.807) is 0 Å². The van der Waals surface area contributed by atoms with Gasteiger partial charge in [0.25, 0.3) is 0 Å². The molecule has 128 valence electrons. The minimum atomic E-state index is -0.372. The van der Waals surface area contributed by atoms with E-state index in [0.717, 1.165) is 23.3 Å². The quantitative estimate of drug-likeness (QED) is 0.828. The number of rotatable bonds is 4. The van der Waals surface area contributed by atoms with Gasteiger partial charge in [0.05, 0.1) is 23.1 Å². The predicted octanol–water partition coefficient (Wildman–Crippen LogP) is 2.41. The zero-order chi connectivity index (χ0) is 17.4. The van der Waals surface area contributed by atoms with Crippen molar-refractivity contribution in [2.75, 3.05) is 12.4 Å². The second-order valence-electron chi connectivity index (χ2n) is 7.44. The van der Waals surface area contributed by atoms with Crippen molar-refractivity contribution in [2.24, 2.45) is 0 Å². The first-order valence-corrected chi connectivity index (χ1v) is 8.84. The fourth-order valence-corrected chi connectivity index (χ4v) is 4.82. The Morgan fingerprint density at radius 2 is 1.96 bits per heavy atom. The van der Waals surface area contributed by atoms with Crippen molar-refractivity contribution in [3.63, 3.8) is 0 Å². The minimum Gasteiger partial charge on any atom is -0.465 e. The van der Waals surface area contributed by atoms with Crippen molar-refractivity contribution < 1.29 is 19.6 Å². The molecule has 0 radical (unpaired) electrons. The second kappa shape index (κ2) is 6.24. The lowest BCUT2D eigenvalue weighted by molar-refractivity contribution is -0.789.